The van der Waals surface area contributed by atoms with Crippen molar-refractivity contribution in [2.45, 2.75) is 31.6 Å². The van der Waals surface area contributed by atoms with Crippen LogP contribution in [-0.2, 0) is 22.5 Å². The van der Waals surface area contributed by atoms with Gasteiger partial charge in [0, 0.05) is 30.4 Å². The molecular weight excluding hydrogens is 490 g/mol. The van der Waals surface area contributed by atoms with Crippen molar-refractivity contribution < 1.29 is 13.5 Å². The highest BCUT2D eigenvalue weighted by atomic mass is 32.2. The molecule has 192 valence electrons. The number of anilines is 1. The molecule has 0 radical (unpaired) electrons. The van der Waals surface area contributed by atoms with Crippen LogP contribution in [0, 0.1) is 12.8 Å². The number of aliphatic hydroxyl groups excluding tert-OH is 1. The van der Waals surface area contributed by atoms with E-state index in [1.165, 1.54) is 0 Å². The van der Waals surface area contributed by atoms with Crippen LogP contribution < -0.4 is 10.3 Å². The van der Waals surface area contributed by atoms with Crippen LogP contribution in [0.15, 0.2) is 59.7 Å². The molecule has 37 heavy (non-hydrogen) atoms. The Hall–Kier alpha value is -3.63. The molecule has 10 heteroatoms. The third-order valence-corrected chi connectivity index (χ3v) is 7.43. The summed E-state index contributed by atoms with van der Waals surface area (Å²) in [6, 6.07) is 13.0. The van der Waals surface area contributed by atoms with E-state index < -0.39 is 15.4 Å². The summed E-state index contributed by atoms with van der Waals surface area (Å²) in [6.07, 6.45) is 7.23. The van der Waals surface area contributed by atoms with E-state index in [0.717, 1.165) is 30.2 Å². The van der Waals surface area contributed by atoms with E-state index in [-0.39, 0.29) is 18.1 Å². The normalized spacial score (nSPS) is 15.5. The Labute approximate surface area is 215 Å². The minimum Gasteiger partial charge on any atom is -0.395 e. The first-order valence-electron chi connectivity index (χ1n) is 12.1. The number of aliphatic hydroxyl groups is 1. The highest BCUT2D eigenvalue weighted by molar-refractivity contribution is 7.91. The maximum absolute atomic E-state index is 12.3. The SMILES string of the molecule is Cc1cc(-c2ccc3nc(NS(C)(=O)=O)nc(C(CO)(CC4CC4)c4ccccn4)c3c2)cn(C)c1=O. The molecule has 1 aliphatic carbocycles. The average molecular weight is 520 g/mol. The third-order valence-electron chi connectivity index (χ3n) is 6.88. The molecule has 3 aromatic heterocycles. The van der Waals surface area contributed by atoms with Crippen LogP contribution in [0.25, 0.3) is 22.0 Å². The Morgan fingerprint density at radius 2 is 1.92 bits per heavy atom. The number of benzene rings is 1. The van der Waals surface area contributed by atoms with E-state index in [2.05, 4.69) is 14.7 Å². The summed E-state index contributed by atoms with van der Waals surface area (Å²) in [5.41, 5.74) is 3.00. The van der Waals surface area contributed by atoms with Gasteiger partial charge in [0.25, 0.3) is 5.56 Å². The predicted molar refractivity (Wildman–Crippen MR) is 143 cm³/mol. The van der Waals surface area contributed by atoms with Crippen molar-refractivity contribution in [3.8, 4) is 11.1 Å². The number of nitrogens with zero attached hydrogens (tertiary/aromatic N) is 4. The summed E-state index contributed by atoms with van der Waals surface area (Å²) >= 11 is 0. The van der Waals surface area contributed by atoms with E-state index in [4.69, 9.17) is 4.98 Å². The molecular formula is C27H29N5O4S. The fraction of sp³-hybridized carbons (Fsp3) is 0.333. The minimum atomic E-state index is -3.64. The second-order valence-corrected chi connectivity index (χ2v) is 11.7. The molecule has 1 aromatic carbocycles. The van der Waals surface area contributed by atoms with Crippen molar-refractivity contribution in [1.82, 2.24) is 19.5 Å². The Balaban J connectivity index is 1.81. The summed E-state index contributed by atoms with van der Waals surface area (Å²) in [7, 11) is -1.93. The van der Waals surface area contributed by atoms with Gasteiger partial charge in [0.15, 0.2) is 0 Å². The summed E-state index contributed by atoms with van der Waals surface area (Å²) in [5, 5.41) is 11.6. The molecule has 4 aromatic rings. The van der Waals surface area contributed by atoms with Gasteiger partial charge in [-0.1, -0.05) is 25.0 Å². The highest BCUT2D eigenvalue weighted by Crippen LogP contribution is 2.46. The quantitative estimate of drug-likeness (QED) is 0.366. The lowest BCUT2D eigenvalue weighted by molar-refractivity contribution is 0.200. The van der Waals surface area contributed by atoms with Gasteiger partial charge in [0.1, 0.15) is 0 Å². The van der Waals surface area contributed by atoms with Crippen LogP contribution in [0.2, 0.25) is 0 Å². The molecule has 0 spiro atoms. The Kier molecular flexibility index (Phi) is 6.33. The molecule has 0 saturated heterocycles. The standard InChI is InChI=1S/C27H29N5O4S/c1-17-12-20(15-32(2)25(17)34)19-9-10-22-21(13-19)24(30-26(29-22)31-37(3,35)36)27(16-33,14-18-7-8-18)23-6-4-5-11-28-23/h4-6,9-13,15,18,33H,7-8,14,16H2,1-3H3,(H,29,30,31). The van der Waals surface area contributed by atoms with Gasteiger partial charge in [-0.25, -0.2) is 18.4 Å². The number of fused-ring (bicyclic) bond motifs is 1. The topological polar surface area (TPSA) is 127 Å². The van der Waals surface area contributed by atoms with E-state index in [9.17, 15) is 18.3 Å². The van der Waals surface area contributed by atoms with Gasteiger partial charge in [0.2, 0.25) is 16.0 Å². The van der Waals surface area contributed by atoms with Gasteiger partial charge in [-0.05, 0) is 60.7 Å². The number of hydrogen-bond donors (Lipinski definition) is 2. The van der Waals surface area contributed by atoms with Crippen molar-refractivity contribution in [3.63, 3.8) is 0 Å². The number of rotatable bonds is 8. The maximum atomic E-state index is 12.3. The van der Waals surface area contributed by atoms with E-state index >= 15 is 0 Å². The molecule has 1 aliphatic rings. The number of nitrogens with one attached hydrogen (secondary N) is 1. The zero-order chi connectivity index (χ0) is 26.4. The van der Waals surface area contributed by atoms with Crippen molar-refractivity contribution in [3.05, 3.63) is 82.2 Å². The van der Waals surface area contributed by atoms with Crippen LogP contribution >= 0.6 is 0 Å². The maximum Gasteiger partial charge on any atom is 0.253 e. The number of sulfonamides is 1. The number of pyridine rings is 2. The molecule has 0 aliphatic heterocycles. The summed E-state index contributed by atoms with van der Waals surface area (Å²) in [4.78, 5) is 26.1. The lowest BCUT2D eigenvalue weighted by Crippen LogP contribution is -2.35. The fourth-order valence-electron chi connectivity index (χ4n) is 4.92. The number of hydrogen-bond acceptors (Lipinski definition) is 7. The summed E-state index contributed by atoms with van der Waals surface area (Å²) in [6.45, 7) is 1.52. The highest BCUT2D eigenvalue weighted by Gasteiger charge is 2.43. The third kappa shape index (κ3) is 4.99. The Bertz CT molecular complexity index is 1620. The van der Waals surface area contributed by atoms with Crippen LogP contribution in [-0.4, -0.2) is 45.9 Å². The van der Waals surface area contributed by atoms with Crippen molar-refractivity contribution in [1.29, 1.82) is 0 Å². The predicted octanol–water partition coefficient (Wildman–Crippen LogP) is 3.15. The van der Waals surface area contributed by atoms with Gasteiger partial charge in [0.05, 0.1) is 35.2 Å². The van der Waals surface area contributed by atoms with E-state index in [0.29, 0.717) is 40.2 Å². The molecule has 1 atom stereocenters. The molecule has 0 bridgehead atoms. The molecule has 1 unspecified atom stereocenters. The van der Waals surface area contributed by atoms with Crippen molar-refractivity contribution >= 4 is 26.9 Å². The zero-order valence-electron chi connectivity index (χ0n) is 21.0. The molecule has 9 nitrogen and oxygen atoms in total. The second kappa shape index (κ2) is 9.35. The molecule has 5 rings (SSSR count). The van der Waals surface area contributed by atoms with Crippen molar-refractivity contribution in [2.24, 2.45) is 13.0 Å². The van der Waals surface area contributed by atoms with Gasteiger partial charge in [-0.15, -0.1) is 0 Å². The van der Waals surface area contributed by atoms with Gasteiger partial charge < -0.3 is 9.67 Å². The largest absolute Gasteiger partial charge is 0.395 e. The van der Waals surface area contributed by atoms with Gasteiger partial charge in [-0.3, -0.25) is 14.5 Å². The first-order valence-corrected chi connectivity index (χ1v) is 14.0. The first-order chi connectivity index (χ1) is 17.6. The minimum absolute atomic E-state index is 0.0553. The number of aromatic nitrogens is 4. The van der Waals surface area contributed by atoms with E-state index in [1.807, 2.05) is 36.4 Å². The lowest BCUT2D eigenvalue weighted by atomic mass is 9.75. The van der Waals surface area contributed by atoms with Crippen LogP contribution in [0.3, 0.4) is 0 Å². The summed E-state index contributed by atoms with van der Waals surface area (Å²) < 4.78 is 28.1. The van der Waals surface area contributed by atoms with Crippen LogP contribution in [0.5, 0.6) is 0 Å². The second-order valence-electron chi connectivity index (χ2n) is 9.93. The molecule has 0 amide bonds. The lowest BCUT2D eigenvalue weighted by Gasteiger charge is -2.32. The van der Waals surface area contributed by atoms with E-state index in [1.54, 1.807) is 37.0 Å². The van der Waals surface area contributed by atoms with Gasteiger partial charge in [-0.2, -0.15) is 0 Å². The van der Waals surface area contributed by atoms with Gasteiger partial charge >= 0.3 is 0 Å². The van der Waals surface area contributed by atoms with Crippen LogP contribution in [0.1, 0.15) is 36.2 Å². The Morgan fingerprint density at radius 3 is 2.54 bits per heavy atom. The smallest absolute Gasteiger partial charge is 0.253 e. The average Bonchev–Trinajstić information content (AvgIpc) is 3.68. The van der Waals surface area contributed by atoms with Crippen molar-refractivity contribution in [2.75, 3.05) is 17.6 Å². The first kappa shape index (κ1) is 25.0. The Morgan fingerprint density at radius 1 is 1.14 bits per heavy atom. The molecule has 2 N–H and O–H groups in total. The fourth-order valence-corrected chi connectivity index (χ4v) is 5.35. The molecule has 3 heterocycles. The summed E-state index contributed by atoms with van der Waals surface area (Å²) in [5.74, 6) is 0.347. The molecule has 1 saturated carbocycles. The molecule has 1 fully saturated rings. The zero-order valence-corrected chi connectivity index (χ0v) is 21.8. The monoisotopic (exact) mass is 519 g/mol. The van der Waals surface area contributed by atoms with Crippen LogP contribution in [0.4, 0.5) is 5.95 Å². The number of aryl methyl sites for hydroxylation is 2.